The number of rotatable bonds is 3. The van der Waals surface area contributed by atoms with Gasteiger partial charge in [-0.25, -0.2) is 14.5 Å². The number of thiophene rings is 1. The van der Waals surface area contributed by atoms with E-state index in [4.69, 9.17) is 0 Å². The van der Waals surface area contributed by atoms with Crippen LogP contribution in [0.2, 0.25) is 0 Å². The molecule has 27 heavy (non-hydrogen) atoms. The molecule has 1 aromatic carbocycles. The lowest BCUT2D eigenvalue weighted by molar-refractivity contribution is 0.0672. The summed E-state index contributed by atoms with van der Waals surface area (Å²) in [5.74, 6) is 0.0278. The van der Waals surface area contributed by atoms with Crippen molar-refractivity contribution in [2.24, 2.45) is 0 Å². The Morgan fingerprint density at radius 2 is 1.74 bits per heavy atom. The third kappa shape index (κ3) is 3.82. The fourth-order valence-corrected chi connectivity index (χ4v) is 3.55. The smallest absolute Gasteiger partial charge is 0.321 e. The van der Waals surface area contributed by atoms with Crippen LogP contribution in [0, 0.1) is 0 Å². The van der Waals surface area contributed by atoms with E-state index in [2.05, 4.69) is 15.4 Å². The topological polar surface area (TPSA) is 83.4 Å². The number of nitrogens with zero attached hydrogens (tertiary/aromatic N) is 5. The summed E-state index contributed by atoms with van der Waals surface area (Å²) in [6, 6.07) is 9.04. The summed E-state index contributed by atoms with van der Waals surface area (Å²) < 4.78 is 1.65. The summed E-state index contributed by atoms with van der Waals surface area (Å²) in [6.45, 7) is 2.10. The minimum Gasteiger partial charge on any atom is -0.335 e. The molecule has 1 saturated heterocycles. The summed E-state index contributed by atoms with van der Waals surface area (Å²) >= 11 is 1.51. The van der Waals surface area contributed by atoms with Gasteiger partial charge in [-0.2, -0.15) is 16.4 Å². The zero-order valence-electron chi connectivity index (χ0n) is 14.5. The second kappa shape index (κ2) is 7.58. The van der Waals surface area contributed by atoms with Crippen molar-refractivity contribution in [2.75, 3.05) is 31.5 Å². The molecule has 0 bridgehead atoms. The van der Waals surface area contributed by atoms with E-state index in [-0.39, 0.29) is 11.9 Å². The van der Waals surface area contributed by atoms with Gasteiger partial charge in [-0.1, -0.05) is 0 Å². The van der Waals surface area contributed by atoms with Crippen molar-refractivity contribution in [2.45, 2.75) is 0 Å². The molecule has 8 nitrogen and oxygen atoms in total. The average Bonchev–Trinajstić information content (AvgIpc) is 3.42. The second-order valence-corrected chi connectivity index (χ2v) is 6.89. The number of hydrogen-bond donors (Lipinski definition) is 1. The Bertz CT molecular complexity index is 900. The molecule has 0 unspecified atom stereocenters. The molecule has 1 fully saturated rings. The van der Waals surface area contributed by atoms with Crippen LogP contribution in [0.25, 0.3) is 5.69 Å². The number of amides is 3. The number of nitrogens with one attached hydrogen (secondary N) is 1. The summed E-state index contributed by atoms with van der Waals surface area (Å²) in [5, 5.41) is 10.7. The summed E-state index contributed by atoms with van der Waals surface area (Å²) in [7, 11) is 0. The van der Waals surface area contributed by atoms with Gasteiger partial charge in [-0.3, -0.25) is 4.79 Å². The average molecular weight is 382 g/mol. The van der Waals surface area contributed by atoms with Gasteiger partial charge in [-0.05, 0) is 35.7 Å². The fraction of sp³-hybridized carbons (Fsp3) is 0.222. The van der Waals surface area contributed by atoms with Crippen molar-refractivity contribution in [3.8, 4) is 5.69 Å². The van der Waals surface area contributed by atoms with Crippen LogP contribution in [0.1, 0.15) is 10.4 Å². The van der Waals surface area contributed by atoms with Gasteiger partial charge in [0.2, 0.25) is 0 Å². The van der Waals surface area contributed by atoms with E-state index in [1.165, 1.54) is 17.7 Å². The van der Waals surface area contributed by atoms with Crippen LogP contribution in [-0.4, -0.2) is 62.7 Å². The highest BCUT2D eigenvalue weighted by Crippen LogP contribution is 2.15. The van der Waals surface area contributed by atoms with Crippen LogP contribution >= 0.6 is 11.3 Å². The minimum absolute atomic E-state index is 0.0278. The SMILES string of the molecule is O=C(Nc1ccc(-n2cncn2)cc1)N1CCN(C(=O)c2ccsc2)CC1. The van der Waals surface area contributed by atoms with Crippen LogP contribution in [0.4, 0.5) is 10.5 Å². The number of carbonyl (C=O) groups is 2. The Labute approximate surface area is 160 Å². The molecule has 0 radical (unpaired) electrons. The van der Waals surface area contributed by atoms with Crippen molar-refractivity contribution in [3.05, 3.63) is 59.3 Å². The Hall–Kier alpha value is -3.20. The number of hydrogen-bond acceptors (Lipinski definition) is 5. The maximum absolute atomic E-state index is 12.5. The maximum Gasteiger partial charge on any atom is 0.321 e. The molecular weight excluding hydrogens is 364 g/mol. The third-order valence-electron chi connectivity index (χ3n) is 4.42. The molecule has 0 aliphatic carbocycles. The van der Waals surface area contributed by atoms with E-state index in [0.29, 0.717) is 37.4 Å². The van der Waals surface area contributed by atoms with Crippen molar-refractivity contribution in [1.82, 2.24) is 24.6 Å². The molecule has 0 atom stereocenters. The molecule has 3 heterocycles. The van der Waals surface area contributed by atoms with Crippen LogP contribution < -0.4 is 5.32 Å². The van der Waals surface area contributed by atoms with Crippen LogP contribution in [-0.2, 0) is 0 Å². The molecule has 0 spiro atoms. The lowest BCUT2D eigenvalue weighted by Gasteiger charge is -2.34. The van der Waals surface area contributed by atoms with E-state index < -0.39 is 0 Å². The van der Waals surface area contributed by atoms with Gasteiger partial charge < -0.3 is 15.1 Å². The highest BCUT2D eigenvalue weighted by atomic mass is 32.1. The number of aromatic nitrogens is 3. The molecule has 9 heteroatoms. The predicted molar refractivity (Wildman–Crippen MR) is 102 cm³/mol. The van der Waals surface area contributed by atoms with E-state index in [0.717, 1.165) is 5.69 Å². The zero-order valence-corrected chi connectivity index (χ0v) is 15.3. The molecule has 138 valence electrons. The van der Waals surface area contributed by atoms with Gasteiger partial charge in [0.05, 0.1) is 11.3 Å². The molecule has 1 aliphatic rings. The number of urea groups is 1. The third-order valence-corrected chi connectivity index (χ3v) is 5.11. The van der Waals surface area contributed by atoms with E-state index in [1.807, 2.05) is 41.1 Å². The van der Waals surface area contributed by atoms with Crippen molar-refractivity contribution >= 4 is 29.0 Å². The molecule has 4 rings (SSSR count). The van der Waals surface area contributed by atoms with Gasteiger partial charge in [0.15, 0.2) is 0 Å². The lowest BCUT2D eigenvalue weighted by Crippen LogP contribution is -2.51. The molecule has 2 aromatic heterocycles. The van der Waals surface area contributed by atoms with E-state index >= 15 is 0 Å². The molecular formula is C18H18N6O2S. The Morgan fingerprint density at radius 3 is 2.37 bits per heavy atom. The summed E-state index contributed by atoms with van der Waals surface area (Å²) in [4.78, 5) is 32.3. The quantitative estimate of drug-likeness (QED) is 0.754. The van der Waals surface area contributed by atoms with E-state index in [1.54, 1.807) is 20.8 Å². The molecule has 1 N–H and O–H groups in total. The second-order valence-electron chi connectivity index (χ2n) is 6.11. The molecule has 3 amide bonds. The standard InChI is InChI=1S/C18H18N6O2S/c25-17(14-5-10-27-11-14)22-6-8-23(9-7-22)18(26)21-15-1-3-16(4-2-15)24-13-19-12-20-24/h1-5,10-13H,6-9H2,(H,21,26). The van der Waals surface area contributed by atoms with Crippen LogP contribution in [0.5, 0.6) is 0 Å². The van der Waals surface area contributed by atoms with Gasteiger partial charge in [0, 0.05) is 37.2 Å². The number of anilines is 1. The highest BCUT2D eigenvalue weighted by molar-refractivity contribution is 7.08. The van der Waals surface area contributed by atoms with E-state index in [9.17, 15) is 9.59 Å². The van der Waals surface area contributed by atoms with Gasteiger partial charge >= 0.3 is 6.03 Å². The summed E-state index contributed by atoms with van der Waals surface area (Å²) in [6.07, 6.45) is 3.09. The lowest BCUT2D eigenvalue weighted by atomic mass is 10.2. The van der Waals surface area contributed by atoms with Crippen LogP contribution in [0.15, 0.2) is 53.7 Å². The Morgan fingerprint density at radius 1 is 1.00 bits per heavy atom. The minimum atomic E-state index is -0.161. The fourth-order valence-electron chi connectivity index (χ4n) is 2.92. The van der Waals surface area contributed by atoms with Crippen LogP contribution in [0.3, 0.4) is 0 Å². The first kappa shape index (κ1) is 17.2. The number of benzene rings is 1. The van der Waals surface area contributed by atoms with Gasteiger partial charge in [0.1, 0.15) is 12.7 Å². The van der Waals surface area contributed by atoms with Gasteiger partial charge in [-0.15, -0.1) is 0 Å². The number of piperazine rings is 1. The highest BCUT2D eigenvalue weighted by Gasteiger charge is 2.25. The molecule has 3 aromatic rings. The Kier molecular flexibility index (Phi) is 4.84. The van der Waals surface area contributed by atoms with Crippen molar-refractivity contribution in [3.63, 3.8) is 0 Å². The Balaban J connectivity index is 1.31. The predicted octanol–water partition coefficient (Wildman–Crippen LogP) is 2.32. The summed E-state index contributed by atoms with van der Waals surface area (Å²) in [5.41, 5.74) is 2.29. The first-order chi connectivity index (χ1) is 13.2. The largest absolute Gasteiger partial charge is 0.335 e. The first-order valence-electron chi connectivity index (χ1n) is 8.53. The number of carbonyl (C=O) groups excluding carboxylic acids is 2. The first-order valence-corrected chi connectivity index (χ1v) is 9.47. The van der Waals surface area contributed by atoms with Crippen molar-refractivity contribution < 1.29 is 9.59 Å². The zero-order chi connectivity index (χ0) is 18.6. The molecule has 0 saturated carbocycles. The van der Waals surface area contributed by atoms with Crippen molar-refractivity contribution in [1.29, 1.82) is 0 Å². The molecule has 1 aliphatic heterocycles. The monoisotopic (exact) mass is 382 g/mol. The van der Waals surface area contributed by atoms with Gasteiger partial charge in [0.25, 0.3) is 5.91 Å². The normalized spacial score (nSPS) is 14.2. The maximum atomic E-state index is 12.5.